The van der Waals surface area contributed by atoms with E-state index < -0.39 is 27.6 Å². The molecule has 4 aromatic rings. The van der Waals surface area contributed by atoms with Crippen LogP contribution in [-0.4, -0.2) is 42.9 Å². The van der Waals surface area contributed by atoms with Crippen LogP contribution in [0.25, 0.3) is 10.2 Å². The van der Waals surface area contributed by atoms with Crippen molar-refractivity contribution in [3.63, 3.8) is 0 Å². The SMILES string of the molecule is CC1CC(C)CN(S(=O)(=O)c2ccc(C(=O)N(/N=C/c3ccc(F)cc3)c3nc4ccc(F)cc4s3)cc2)C1. The minimum absolute atomic E-state index is 0.108. The van der Waals surface area contributed by atoms with Crippen molar-refractivity contribution in [1.82, 2.24) is 9.29 Å². The molecule has 11 heteroatoms. The van der Waals surface area contributed by atoms with Crippen molar-refractivity contribution in [2.75, 3.05) is 18.1 Å². The van der Waals surface area contributed by atoms with E-state index in [9.17, 15) is 22.0 Å². The second kappa shape index (κ2) is 10.9. The fourth-order valence-electron chi connectivity index (χ4n) is 4.68. The fraction of sp³-hybridized carbons (Fsp3) is 0.250. The van der Waals surface area contributed by atoms with Crippen LogP contribution in [0.2, 0.25) is 0 Å². The number of hydrogen-bond donors (Lipinski definition) is 0. The summed E-state index contributed by atoms with van der Waals surface area (Å²) in [4.78, 5) is 18.1. The standard InChI is InChI=1S/C28H26F2N4O3S2/c1-18-13-19(2)17-33(16-18)39(36,37)24-10-5-21(6-11-24)27(35)34(31-15-20-3-7-22(29)8-4-20)28-32-25-12-9-23(30)14-26(25)38-28/h3-12,14-15,18-19H,13,16-17H2,1-2H3/b31-15+. The first-order valence-corrected chi connectivity index (χ1v) is 14.7. The van der Waals surface area contributed by atoms with Gasteiger partial charge in [0.15, 0.2) is 0 Å². The smallest absolute Gasteiger partial charge is 0.267 e. The molecule has 1 amide bonds. The molecule has 39 heavy (non-hydrogen) atoms. The fourth-order valence-corrected chi connectivity index (χ4v) is 7.31. The van der Waals surface area contributed by atoms with Crippen molar-refractivity contribution >= 4 is 48.8 Å². The van der Waals surface area contributed by atoms with E-state index in [-0.39, 0.29) is 27.4 Å². The number of halogens is 2. The van der Waals surface area contributed by atoms with Crippen molar-refractivity contribution in [2.45, 2.75) is 25.2 Å². The van der Waals surface area contributed by atoms with Gasteiger partial charge in [0, 0.05) is 18.7 Å². The Morgan fingerprint density at radius 1 is 1.00 bits per heavy atom. The molecule has 1 saturated heterocycles. The van der Waals surface area contributed by atoms with Crippen molar-refractivity contribution in [3.8, 4) is 0 Å². The van der Waals surface area contributed by atoms with E-state index in [0.717, 1.165) is 22.8 Å². The molecule has 0 saturated carbocycles. The molecule has 2 heterocycles. The lowest BCUT2D eigenvalue weighted by molar-refractivity contribution is 0.0987. The molecule has 2 unspecified atom stereocenters. The zero-order valence-corrected chi connectivity index (χ0v) is 22.9. The van der Waals surface area contributed by atoms with Crippen molar-refractivity contribution in [1.29, 1.82) is 0 Å². The molecule has 1 fully saturated rings. The predicted molar refractivity (Wildman–Crippen MR) is 149 cm³/mol. The number of nitrogens with zero attached hydrogens (tertiary/aromatic N) is 4. The lowest BCUT2D eigenvalue weighted by atomic mass is 9.94. The highest BCUT2D eigenvalue weighted by Gasteiger charge is 2.32. The molecule has 5 rings (SSSR count). The highest BCUT2D eigenvalue weighted by atomic mass is 32.2. The van der Waals surface area contributed by atoms with Gasteiger partial charge < -0.3 is 0 Å². The predicted octanol–water partition coefficient (Wildman–Crippen LogP) is 5.92. The van der Waals surface area contributed by atoms with Gasteiger partial charge >= 0.3 is 0 Å². The van der Waals surface area contributed by atoms with E-state index >= 15 is 0 Å². The minimum atomic E-state index is -3.71. The first-order valence-electron chi connectivity index (χ1n) is 12.4. The molecule has 1 aliphatic heterocycles. The van der Waals surface area contributed by atoms with Crippen molar-refractivity contribution in [3.05, 3.63) is 89.5 Å². The van der Waals surface area contributed by atoms with Gasteiger partial charge in [-0.05, 0) is 78.4 Å². The normalized spacial score (nSPS) is 18.6. The summed E-state index contributed by atoms with van der Waals surface area (Å²) in [6.45, 7) is 4.99. The Morgan fingerprint density at radius 3 is 2.31 bits per heavy atom. The van der Waals surface area contributed by atoms with Crippen LogP contribution >= 0.6 is 11.3 Å². The maximum absolute atomic E-state index is 13.8. The summed E-state index contributed by atoms with van der Waals surface area (Å²) >= 11 is 1.08. The number of benzene rings is 3. The molecule has 0 bridgehead atoms. The summed E-state index contributed by atoms with van der Waals surface area (Å²) in [5, 5.41) is 5.59. The van der Waals surface area contributed by atoms with Gasteiger partial charge in [0.25, 0.3) is 5.91 Å². The number of sulfonamides is 1. The van der Waals surface area contributed by atoms with Crippen LogP contribution in [0.5, 0.6) is 0 Å². The lowest BCUT2D eigenvalue weighted by Crippen LogP contribution is -2.42. The van der Waals surface area contributed by atoms with Gasteiger partial charge in [-0.15, -0.1) is 0 Å². The van der Waals surface area contributed by atoms with Crippen LogP contribution in [0.4, 0.5) is 13.9 Å². The van der Waals surface area contributed by atoms with E-state index in [1.807, 2.05) is 13.8 Å². The Kier molecular flexibility index (Phi) is 7.57. The minimum Gasteiger partial charge on any atom is -0.267 e. The summed E-state index contributed by atoms with van der Waals surface area (Å²) in [6, 6.07) is 15.4. The van der Waals surface area contributed by atoms with Gasteiger partial charge in [0.05, 0.1) is 21.3 Å². The third-order valence-electron chi connectivity index (χ3n) is 6.48. The third-order valence-corrected chi connectivity index (χ3v) is 9.32. The molecule has 0 radical (unpaired) electrons. The number of piperidine rings is 1. The summed E-state index contributed by atoms with van der Waals surface area (Å²) in [7, 11) is -3.71. The van der Waals surface area contributed by atoms with Gasteiger partial charge in [-0.3, -0.25) is 4.79 Å². The number of rotatable bonds is 6. The van der Waals surface area contributed by atoms with Crippen molar-refractivity contribution < 1.29 is 22.0 Å². The average Bonchev–Trinajstić information content (AvgIpc) is 3.32. The first kappa shape index (κ1) is 27.0. The van der Waals surface area contributed by atoms with Crippen molar-refractivity contribution in [2.24, 2.45) is 16.9 Å². The summed E-state index contributed by atoms with van der Waals surface area (Å²) in [6.07, 6.45) is 2.37. The van der Waals surface area contributed by atoms with Gasteiger partial charge in [-0.1, -0.05) is 37.3 Å². The largest absolute Gasteiger partial charge is 0.280 e. The monoisotopic (exact) mass is 568 g/mol. The first-order chi connectivity index (χ1) is 18.6. The number of fused-ring (bicyclic) bond motifs is 1. The Labute approximate surface area is 229 Å². The van der Waals surface area contributed by atoms with Crippen LogP contribution in [0, 0.1) is 23.5 Å². The molecule has 0 N–H and O–H groups in total. The molecule has 7 nitrogen and oxygen atoms in total. The number of carbonyl (C=O) groups is 1. The topological polar surface area (TPSA) is 82.9 Å². The maximum Gasteiger partial charge on any atom is 0.280 e. The zero-order valence-electron chi connectivity index (χ0n) is 21.3. The number of anilines is 1. The van der Waals surface area contributed by atoms with Crippen LogP contribution in [-0.2, 0) is 10.0 Å². The molecular formula is C28H26F2N4O3S2. The molecule has 0 spiro atoms. The van der Waals surface area contributed by atoms with Gasteiger partial charge in [-0.25, -0.2) is 22.2 Å². The highest BCUT2D eigenvalue weighted by molar-refractivity contribution is 7.89. The Bertz CT molecular complexity index is 1630. The van der Waals surface area contributed by atoms with Crippen LogP contribution < -0.4 is 5.01 Å². The van der Waals surface area contributed by atoms with E-state index in [1.165, 1.54) is 77.2 Å². The molecule has 0 aliphatic carbocycles. The molecule has 3 aromatic carbocycles. The summed E-state index contributed by atoms with van der Waals surface area (Å²) < 4.78 is 55.7. The number of amides is 1. The van der Waals surface area contributed by atoms with E-state index in [0.29, 0.717) is 28.9 Å². The molecule has 2 atom stereocenters. The number of thiazole rings is 1. The zero-order chi connectivity index (χ0) is 27.7. The number of aromatic nitrogens is 1. The molecular weight excluding hydrogens is 542 g/mol. The summed E-state index contributed by atoms with van der Waals surface area (Å²) in [5.74, 6) is -0.869. The molecule has 1 aromatic heterocycles. The molecule has 1 aliphatic rings. The van der Waals surface area contributed by atoms with Crippen LogP contribution in [0.1, 0.15) is 36.2 Å². The van der Waals surface area contributed by atoms with E-state index in [4.69, 9.17) is 0 Å². The Balaban J connectivity index is 1.46. The Morgan fingerprint density at radius 2 is 1.64 bits per heavy atom. The second-order valence-corrected chi connectivity index (χ2v) is 12.8. The van der Waals surface area contributed by atoms with E-state index in [2.05, 4.69) is 10.1 Å². The van der Waals surface area contributed by atoms with Gasteiger partial charge in [-0.2, -0.15) is 14.4 Å². The number of hydrazone groups is 1. The van der Waals surface area contributed by atoms with Crippen LogP contribution in [0.3, 0.4) is 0 Å². The van der Waals surface area contributed by atoms with Gasteiger partial charge in [0.2, 0.25) is 15.2 Å². The van der Waals surface area contributed by atoms with Crippen LogP contribution in [0.15, 0.2) is 76.7 Å². The maximum atomic E-state index is 13.8. The summed E-state index contributed by atoms with van der Waals surface area (Å²) in [5.41, 5.74) is 1.24. The second-order valence-electron chi connectivity index (χ2n) is 9.81. The number of hydrogen-bond acceptors (Lipinski definition) is 6. The Hall–Kier alpha value is -3.54. The lowest BCUT2D eigenvalue weighted by Gasteiger charge is -2.34. The molecule has 202 valence electrons. The average molecular weight is 569 g/mol. The number of carbonyl (C=O) groups excluding carboxylic acids is 1. The van der Waals surface area contributed by atoms with Gasteiger partial charge in [0.1, 0.15) is 11.6 Å². The highest BCUT2D eigenvalue weighted by Crippen LogP contribution is 2.31. The van der Waals surface area contributed by atoms with E-state index in [1.54, 1.807) is 0 Å². The third kappa shape index (κ3) is 5.90. The quantitative estimate of drug-likeness (QED) is 0.214.